The average molecular weight is 479 g/mol. The molecule has 2 aromatic rings. The van der Waals surface area contributed by atoms with Gasteiger partial charge in [-0.05, 0) is 54.4 Å². The van der Waals surface area contributed by atoms with Gasteiger partial charge in [0, 0.05) is 31.1 Å². The first kappa shape index (κ1) is 25.6. The number of methoxy groups -OCH3 is 1. The predicted octanol–water partition coefficient (Wildman–Crippen LogP) is 3.75. The number of amides is 1. The highest BCUT2D eigenvalue weighted by Gasteiger charge is 2.33. The summed E-state index contributed by atoms with van der Waals surface area (Å²) in [7, 11) is 1.56. The zero-order valence-corrected chi connectivity index (χ0v) is 20.5. The Morgan fingerprint density at radius 1 is 1.36 bits per heavy atom. The van der Waals surface area contributed by atoms with Gasteiger partial charge in [-0.3, -0.25) is 9.69 Å². The second-order valence-corrected chi connectivity index (χ2v) is 9.95. The number of halogens is 1. The molecule has 0 spiro atoms. The fourth-order valence-corrected chi connectivity index (χ4v) is 5.04. The van der Waals surface area contributed by atoms with Crippen molar-refractivity contribution in [2.24, 2.45) is 5.92 Å². The fraction of sp³-hybridized carbons (Fsp3) is 0.560. The monoisotopic (exact) mass is 478 g/mol. The van der Waals surface area contributed by atoms with E-state index >= 15 is 0 Å². The zero-order chi connectivity index (χ0) is 23.8. The Bertz CT molecular complexity index is 891. The van der Waals surface area contributed by atoms with Gasteiger partial charge in [0.05, 0.1) is 25.3 Å². The molecule has 0 saturated carbocycles. The summed E-state index contributed by atoms with van der Waals surface area (Å²) in [6, 6.07) is 7.89. The minimum absolute atomic E-state index is 0.00747. The van der Waals surface area contributed by atoms with Crippen LogP contribution in [-0.4, -0.2) is 73.4 Å². The van der Waals surface area contributed by atoms with Gasteiger partial charge in [0.15, 0.2) is 0 Å². The minimum atomic E-state index is -0.646. The number of aliphatic hydroxyl groups is 1. The number of rotatable bonds is 12. The van der Waals surface area contributed by atoms with E-state index in [1.165, 1.54) is 17.0 Å². The molecule has 1 aliphatic rings. The summed E-state index contributed by atoms with van der Waals surface area (Å²) in [6.07, 6.45) is 1.10. The maximum absolute atomic E-state index is 13.6. The van der Waals surface area contributed by atoms with Gasteiger partial charge >= 0.3 is 0 Å². The third-order valence-electron chi connectivity index (χ3n) is 5.83. The number of benzene rings is 1. The maximum Gasteiger partial charge on any atom is 0.237 e. The van der Waals surface area contributed by atoms with E-state index in [1.807, 2.05) is 15.2 Å². The Balaban J connectivity index is 1.72. The Morgan fingerprint density at radius 3 is 2.91 bits per heavy atom. The molecule has 0 saturated heterocycles. The number of carbonyl (C=O) groups excluding carboxylic acids is 1. The zero-order valence-electron chi connectivity index (χ0n) is 19.7. The van der Waals surface area contributed by atoms with Crippen LogP contribution in [0.3, 0.4) is 0 Å². The molecule has 0 radical (unpaired) electrons. The number of nitrogens with zero attached hydrogens (tertiary/aromatic N) is 2. The number of fused-ring (bicyclic) bond motifs is 1. The Hall–Kier alpha value is -2.00. The normalized spacial score (nSPS) is 16.8. The quantitative estimate of drug-likeness (QED) is 0.504. The molecule has 1 amide bonds. The van der Waals surface area contributed by atoms with Gasteiger partial charge in [0.25, 0.3) is 0 Å². The summed E-state index contributed by atoms with van der Waals surface area (Å²) in [5.74, 6) is 0.604. The number of ether oxygens (including phenoxy) is 2. The van der Waals surface area contributed by atoms with E-state index in [1.54, 1.807) is 30.6 Å². The van der Waals surface area contributed by atoms with Crippen molar-refractivity contribution in [2.45, 2.75) is 38.8 Å². The topological polar surface area (TPSA) is 62.2 Å². The Kier molecular flexibility index (Phi) is 9.67. The van der Waals surface area contributed by atoms with Gasteiger partial charge < -0.3 is 19.5 Å². The summed E-state index contributed by atoms with van der Waals surface area (Å²) in [4.78, 5) is 18.6. The van der Waals surface area contributed by atoms with Crippen molar-refractivity contribution >= 4 is 17.2 Å². The van der Waals surface area contributed by atoms with Crippen molar-refractivity contribution < 1.29 is 23.8 Å². The lowest BCUT2D eigenvalue weighted by molar-refractivity contribution is -0.136. The molecule has 182 valence electrons. The molecule has 3 rings (SSSR count). The number of hydrogen-bond donors (Lipinski definition) is 1. The second-order valence-electron chi connectivity index (χ2n) is 8.95. The molecule has 0 aliphatic carbocycles. The molecule has 2 atom stereocenters. The molecule has 1 aliphatic heterocycles. The Morgan fingerprint density at radius 2 is 2.18 bits per heavy atom. The molecule has 2 unspecified atom stereocenters. The summed E-state index contributed by atoms with van der Waals surface area (Å²) >= 11 is 1.70. The van der Waals surface area contributed by atoms with E-state index in [0.29, 0.717) is 24.8 Å². The van der Waals surface area contributed by atoms with Crippen LogP contribution in [0.1, 0.15) is 36.8 Å². The van der Waals surface area contributed by atoms with E-state index in [2.05, 4.69) is 19.9 Å². The van der Waals surface area contributed by atoms with Crippen LogP contribution in [0.15, 0.2) is 35.7 Å². The molecular formula is C25H35FN2O4S. The third kappa shape index (κ3) is 7.50. The van der Waals surface area contributed by atoms with Crippen LogP contribution in [0.4, 0.5) is 4.39 Å². The highest BCUT2D eigenvalue weighted by molar-refractivity contribution is 7.10. The van der Waals surface area contributed by atoms with E-state index in [-0.39, 0.29) is 37.5 Å². The van der Waals surface area contributed by atoms with Gasteiger partial charge in [0.1, 0.15) is 18.2 Å². The first-order valence-electron chi connectivity index (χ1n) is 11.5. The molecule has 0 bridgehead atoms. The predicted molar refractivity (Wildman–Crippen MR) is 128 cm³/mol. The van der Waals surface area contributed by atoms with E-state index in [4.69, 9.17) is 9.47 Å². The van der Waals surface area contributed by atoms with Gasteiger partial charge in [-0.1, -0.05) is 19.9 Å². The standard InChI is InChI=1S/C25H35FN2O4S/c1-18(2)7-10-27(14-20(29)16-31-3)15-25(30)28-11-8-24-22(9-12-33-24)23(28)17-32-21-6-4-5-19(26)13-21/h4-6,9,12-13,18,20,23,29H,7-8,10-11,14-17H2,1-3H3. The number of aliphatic hydroxyl groups excluding tert-OH is 1. The lowest BCUT2D eigenvalue weighted by Crippen LogP contribution is -2.48. The van der Waals surface area contributed by atoms with Crippen molar-refractivity contribution in [3.05, 3.63) is 52.0 Å². The van der Waals surface area contributed by atoms with Crippen molar-refractivity contribution in [1.82, 2.24) is 9.80 Å². The van der Waals surface area contributed by atoms with Crippen molar-refractivity contribution in [3.63, 3.8) is 0 Å². The van der Waals surface area contributed by atoms with E-state index < -0.39 is 6.10 Å². The van der Waals surface area contributed by atoms with Crippen LogP contribution < -0.4 is 4.74 Å². The SMILES string of the molecule is COCC(O)CN(CCC(C)C)CC(=O)N1CCc2sccc2C1COc1cccc(F)c1. The lowest BCUT2D eigenvalue weighted by Gasteiger charge is -2.37. The third-order valence-corrected chi connectivity index (χ3v) is 6.83. The molecule has 1 N–H and O–H groups in total. The van der Waals surface area contributed by atoms with Crippen molar-refractivity contribution in [2.75, 3.05) is 46.5 Å². The molecule has 0 fully saturated rings. The highest BCUT2D eigenvalue weighted by atomic mass is 32.1. The van der Waals surface area contributed by atoms with Gasteiger partial charge in [-0.2, -0.15) is 0 Å². The Labute approximate surface area is 199 Å². The smallest absolute Gasteiger partial charge is 0.237 e. The lowest BCUT2D eigenvalue weighted by atomic mass is 10.00. The average Bonchev–Trinajstić information content (AvgIpc) is 3.25. The maximum atomic E-state index is 13.6. The summed E-state index contributed by atoms with van der Waals surface area (Å²) in [5, 5.41) is 12.3. The molecule has 6 nitrogen and oxygen atoms in total. The van der Waals surface area contributed by atoms with Crippen LogP contribution in [0.2, 0.25) is 0 Å². The van der Waals surface area contributed by atoms with Gasteiger partial charge in [0.2, 0.25) is 5.91 Å². The second kappa shape index (κ2) is 12.5. The van der Waals surface area contributed by atoms with Crippen LogP contribution in [0.25, 0.3) is 0 Å². The van der Waals surface area contributed by atoms with E-state index in [9.17, 15) is 14.3 Å². The van der Waals surface area contributed by atoms with Gasteiger partial charge in [-0.15, -0.1) is 11.3 Å². The van der Waals surface area contributed by atoms with Crippen LogP contribution in [0.5, 0.6) is 5.75 Å². The fourth-order valence-electron chi connectivity index (χ4n) is 4.11. The number of carbonyl (C=O) groups is 1. The highest BCUT2D eigenvalue weighted by Crippen LogP contribution is 2.34. The largest absolute Gasteiger partial charge is 0.491 e. The molecule has 2 heterocycles. The molecule has 8 heteroatoms. The minimum Gasteiger partial charge on any atom is -0.491 e. The van der Waals surface area contributed by atoms with E-state index in [0.717, 1.165) is 24.9 Å². The molecule has 33 heavy (non-hydrogen) atoms. The summed E-state index contributed by atoms with van der Waals surface area (Å²) in [6.45, 7) is 6.74. The number of thiophene rings is 1. The van der Waals surface area contributed by atoms with Crippen LogP contribution in [0, 0.1) is 11.7 Å². The number of hydrogen-bond acceptors (Lipinski definition) is 6. The van der Waals surface area contributed by atoms with Crippen molar-refractivity contribution in [1.29, 1.82) is 0 Å². The summed E-state index contributed by atoms with van der Waals surface area (Å²) < 4.78 is 24.6. The first-order valence-corrected chi connectivity index (χ1v) is 12.4. The molecule has 1 aromatic heterocycles. The molecule has 1 aromatic carbocycles. The first-order chi connectivity index (χ1) is 15.9. The van der Waals surface area contributed by atoms with Crippen LogP contribution >= 0.6 is 11.3 Å². The van der Waals surface area contributed by atoms with Crippen LogP contribution in [-0.2, 0) is 16.0 Å². The summed E-state index contributed by atoms with van der Waals surface area (Å²) in [5.41, 5.74) is 1.10. The molecular weight excluding hydrogens is 443 g/mol. The van der Waals surface area contributed by atoms with Gasteiger partial charge in [-0.25, -0.2) is 4.39 Å². The van der Waals surface area contributed by atoms with Crippen molar-refractivity contribution in [3.8, 4) is 5.75 Å².